The number of aryl methyl sites for hydroxylation is 2. The zero-order chi connectivity index (χ0) is 16.6. The average molecular weight is 307 g/mol. The topological polar surface area (TPSA) is 66.4 Å². The maximum Gasteiger partial charge on any atom is 0.293 e. The van der Waals surface area contributed by atoms with Gasteiger partial charge in [-0.1, -0.05) is 59.7 Å². The number of carbonyl (C=O) groups excluding carboxylic acids is 2. The van der Waals surface area contributed by atoms with Gasteiger partial charge in [0.25, 0.3) is 11.7 Å². The number of aliphatic hydroxyl groups is 1. The van der Waals surface area contributed by atoms with Gasteiger partial charge in [0.05, 0.1) is 11.6 Å². The lowest BCUT2D eigenvalue weighted by molar-refractivity contribution is -0.133. The van der Waals surface area contributed by atoms with Crippen molar-refractivity contribution in [3.63, 3.8) is 0 Å². The number of hydrogen-bond donors (Lipinski definition) is 2. The number of amides is 1. The predicted molar refractivity (Wildman–Crippen MR) is 87.8 cm³/mol. The van der Waals surface area contributed by atoms with Crippen molar-refractivity contribution < 1.29 is 14.7 Å². The molecule has 0 bridgehead atoms. The molecule has 1 amide bonds. The Morgan fingerprint density at radius 2 is 1.43 bits per heavy atom. The van der Waals surface area contributed by atoms with Gasteiger partial charge in [-0.3, -0.25) is 9.59 Å². The molecule has 1 atom stereocenters. The molecule has 4 nitrogen and oxygen atoms in total. The Morgan fingerprint density at radius 3 is 2.00 bits per heavy atom. The minimum atomic E-state index is -0.691. The van der Waals surface area contributed by atoms with Gasteiger partial charge >= 0.3 is 0 Å². The number of rotatable bonds is 2. The number of nitrogens with one attached hydrogen (secondary N) is 1. The number of ketones is 1. The Bertz CT molecular complexity index is 802. The van der Waals surface area contributed by atoms with E-state index in [1.54, 1.807) is 12.1 Å². The summed E-state index contributed by atoms with van der Waals surface area (Å²) in [5.74, 6) is -1.53. The summed E-state index contributed by atoms with van der Waals surface area (Å²) >= 11 is 0. The first-order valence-electron chi connectivity index (χ1n) is 7.39. The Labute approximate surface area is 134 Å². The lowest BCUT2D eigenvalue weighted by atomic mass is 9.95. The second-order valence-corrected chi connectivity index (χ2v) is 5.77. The molecular weight excluding hydrogens is 290 g/mol. The minimum Gasteiger partial charge on any atom is -0.507 e. The van der Waals surface area contributed by atoms with Gasteiger partial charge in [0.15, 0.2) is 0 Å². The predicted octanol–water partition coefficient (Wildman–Crippen LogP) is 3.01. The van der Waals surface area contributed by atoms with Crippen LogP contribution in [0.25, 0.3) is 5.76 Å². The van der Waals surface area contributed by atoms with E-state index in [0.717, 1.165) is 16.7 Å². The van der Waals surface area contributed by atoms with E-state index in [4.69, 9.17) is 0 Å². The number of hydrogen-bond acceptors (Lipinski definition) is 3. The smallest absolute Gasteiger partial charge is 0.293 e. The van der Waals surface area contributed by atoms with E-state index in [2.05, 4.69) is 5.32 Å². The van der Waals surface area contributed by atoms with Gasteiger partial charge in [-0.15, -0.1) is 0 Å². The van der Waals surface area contributed by atoms with E-state index < -0.39 is 17.7 Å². The van der Waals surface area contributed by atoms with Gasteiger partial charge in [0.2, 0.25) is 0 Å². The Balaban J connectivity index is 2.10. The van der Waals surface area contributed by atoms with Crippen LogP contribution in [0.1, 0.15) is 28.3 Å². The summed E-state index contributed by atoms with van der Waals surface area (Å²) in [5, 5.41) is 13.2. The highest BCUT2D eigenvalue weighted by molar-refractivity contribution is 6.46. The van der Waals surface area contributed by atoms with Gasteiger partial charge in [-0.25, -0.2) is 0 Å². The molecule has 1 fully saturated rings. The summed E-state index contributed by atoms with van der Waals surface area (Å²) in [5.41, 5.74) is 3.52. The number of aliphatic hydroxyl groups excluding tert-OH is 1. The van der Waals surface area contributed by atoms with Crippen molar-refractivity contribution in [3.05, 3.63) is 76.4 Å². The second kappa shape index (κ2) is 5.72. The molecule has 1 heterocycles. The molecular formula is C19H17NO3. The first-order chi connectivity index (χ1) is 11.0. The van der Waals surface area contributed by atoms with Gasteiger partial charge < -0.3 is 10.4 Å². The van der Waals surface area contributed by atoms with E-state index in [1.807, 2.05) is 50.2 Å². The highest BCUT2D eigenvalue weighted by atomic mass is 16.3. The van der Waals surface area contributed by atoms with Gasteiger partial charge in [0.1, 0.15) is 5.76 Å². The third-order valence-corrected chi connectivity index (χ3v) is 4.01. The van der Waals surface area contributed by atoms with Crippen molar-refractivity contribution in [2.24, 2.45) is 0 Å². The van der Waals surface area contributed by atoms with Crippen LogP contribution >= 0.6 is 0 Å². The number of benzene rings is 2. The van der Waals surface area contributed by atoms with E-state index in [-0.39, 0.29) is 11.3 Å². The molecule has 1 aliphatic rings. The Kier molecular flexibility index (Phi) is 3.74. The van der Waals surface area contributed by atoms with Crippen molar-refractivity contribution in [3.8, 4) is 0 Å². The van der Waals surface area contributed by atoms with Crippen LogP contribution in [0.5, 0.6) is 0 Å². The average Bonchev–Trinajstić information content (AvgIpc) is 2.84. The standard InChI is InChI=1S/C19H17NO3/c1-11-3-7-13(8-4-11)16-15(18(22)19(23)20-16)17(21)14-9-5-12(2)6-10-14/h3-10,16,21H,1-2H3,(H,20,23)/b17-15+/t16-/m0/s1. The molecule has 4 heteroatoms. The molecule has 1 aliphatic heterocycles. The number of Topliss-reactive ketones (excluding diaryl/α,β-unsaturated/α-hetero) is 1. The summed E-state index contributed by atoms with van der Waals surface area (Å²) in [6, 6.07) is 14.1. The largest absolute Gasteiger partial charge is 0.507 e. The van der Waals surface area contributed by atoms with Crippen LogP contribution in [0.4, 0.5) is 0 Å². The van der Waals surface area contributed by atoms with Crippen LogP contribution in [-0.2, 0) is 9.59 Å². The summed E-state index contributed by atoms with van der Waals surface area (Å²) in [6.45, 7) is 3.90. The lowest BCUT2D eigenvalue weighted by Crippen LogP contribution is -2.21. The van der Waals surface area contributed by atoms with E-state index in [0.29, 0.717) is 5.56 Å². The van der Waals surface area contributed by atoms with E-state index >= 15 is 0 Å². The lowest BCUT2D eigenvalue weighted by Gasteiger charge is -2.14. The highest BCUT2D eigenvalue weighted by Crippen LogP contribution is 2.32. The molecule has 0 unspecified atom stereocenters. The second-order valence-electron chi connectivity index (χ2n) is 5.77. The fraction of sp³-hybridized carbons (Fsp3) is 0.158. The summed E-state index contributed by atoms with van der Waals surface area (Å²) < 4.78 is 0. The van der Waals surface area contributed by atoms with Gasteiger partial charge in [-0.2, -0.15) is 0 Å². The molecule has 2 aromatic carbocycles. The SMILES string of the molecule is Cc1ccc(/C(O)=C2\C(=O)C(=O)N[C@H]2c2ccc(C)cc2)cc1. The molecule has 0 aliphatic carbocycles. The van der Waals surface area contributed by atoms with Crippen molar-refractivity contribution in [2.45, 2.75) is 19.9 Å². The maximum absolute atomic E-state index is 12.2. The quantitative estimate of drug-likeness (QED) is 0.509. The van der Waals surface area contributed by atoms with Crippen LogP contribution in [-0.4, -0.2) is 16.8 Å². The van der Waals surface area contributed by atoms with Crippen molar-refractivity contribution in [2.75, 3.05) is 0 Å². The zero-order valence-corrected chi connectivity index (χ0v) is 13.0. The number of carbonyl (C=O) groups is 2. The van der Waals surface area contributed by atoms with Gasteiger partial charge in [0, 0.05) is 5.56 Å². The molecule has 0 aromatic heterocycles. The first kappa shape index (κ1) is 15.0. The minimum absolute atomic E-state index is 0.0997. The van der Waals surface area contributed by atoms with E-state index in [9.17, 15) is 14.7 Å². The summed E-state index contributed by atoms with van der Waals surface area (Å²) in [4.78, 5) is 24.0. The molecule has 0 spiro atoms. The molecule has 3 rings (SSSR count). The third-order valence-electron chi connectivity index (χ3n) is 4.01. The first-order valence-corrected chi connectivity index (χ1v) is 7.39. The molecule has 23 heavy (non-hydrogen) atoms. The molecule has 0 saturated carbocycles. The molecule has 116 valence electrons. The maximum atomic E-state index is 12.2. The Hall–Kier alpha value is -2.88. The van der Waals surface area contributed by atoms with Crippen LogP contribution in [0, 0.1) is 13.8 Å². The van der Waals surface area contributed by atoms with Gasteiger partial charge in [-0.05, 0) is 19.4 Å². The highest BCUT2D eigenvalue weighted by Gasteiger charge is 2.39. The van der Waals surface area contributed by atoms with Crippen LogP contribution in [0.15, 0.2) is 54.1 Å². The fourth-order valence-corrected chi connectivity index (χ4v) is 2.64. The Morgan fingerprint density at radius 1 is 0.913 bits per heavy atom. The monoisotopic (exact) mass is 307 g/mol. The third kappa shape index (κ3) is 2.75. The van der Waals surface area contributed by atoms with Crippen molar-refractivity contribution >= 4 is 17.4 Å². The van der Waals surface area contributed by atoms with Crippen LogP contribution < -0.4 is 5.32 Å². The molecule has 2 N–H and O–H groups in total. The van der Waals surface area contributed by atoms with Crippen molar-refractivity contribution in [1.29, 1.82) is 0 Å². The normalized spacial score (nSPS) is 19.7. The van der Waals surface area contributed by atoms with Crippen LogP contribution in [0.2, 0.25) is 0 Å². The molecule has 1 saturated heterocycles. The fourth-order valence-electron chi connectivity index (χ4n) is 2.64. The van der Waals surface area contributed by atoms with Crippen molar-refractivity contribution in [1.82, 2.24) is 5.32 Å². The van der Waals surface area contributed by atoms with Crippen LogP contribution in [0.3, 0.4) is 0 Å². The molecule has 0 radical (unpaired) electrons. The molecule has 2 aromatic rings. The zero-order valence-electron chi connectivity index (χ0n) is 13.0. The van der Waals surface area contributed by atoms with E-state index in [1.165, 1.54) is 0 Å². The summed E-state index contributed by atoms with van der Waals surface area (Å²) in [6.07, 6.45) is 0. The summed E-state index contributed by atoms with van der Waals surface area (Å²) in [7, 11) is 0.